The zero-order chi connectivity index (χ0) is 15.5. The number of hydrogen-bond acceptors (Lipinski definition) is 4. The van der Waals surface area contributed by atoms with Crippen molar-refractivity contribution in [1.29, 1.82) is 0 Å². The molecule has 0 atom stereocenters. The highest BCUT2D eigenvalue weighted by Crippen LogP contribution is 2.20. The zero-order valence-corrected chi connectivity index (χ0v) is 12.2. The molecule has 1 aromatic rings. The molecule has 1 fully saturated rings. The van der Waals surface area contributed by atoms with Gasteiger partial charge >= 0.3 is 5.97 Å². The monoisotopic (exact) mass is 316 g/mol. The first-order valence-electron chi connectivity index (χ1n) is 6.60. The molecule has 0 aromatic heterocycles. The van der Waals surface area contributed by atoms with Crippen LogP contribution in [0.1, 0.15) is 6.42 Å². The Morgan fingerprint density at radius 2 is 1.81 bits per heavy atom. The lowest BCUT2D eigenvalue weighted by molar-refractivity contribution is -0.137. The minimum atomic E-state index is -3.83. The Hall–Kier alpha value is -1.51. The quantitative estimate of drug-likeness (QED) is 0.861. The molecule has 0 bridgehead atoms. The molecule has 0 spiro atoms. The average molecular weight is 316 g/mol. The summed E-state index contributed by atoms with van der Waals surface area (Å²) >= 11 is 0. The van der Waals surface area contributed by atoms with Crippen molar-refractivity contribution in [3.05, 3.63) is 30.1 Å². The summed E-state index contributed by atoms with van der Waals surface area (Å²) < 4.78 is 39.6. The van der Waals surface area contributed by atoms with Crippen LogP contribution >= 0.6 is 0 Å². The first kappa shape index (κ1) is 15.9. The number of aliphatic carboxylic acids is 1. The van der Waals surface area contributed by atoms with Crippen LogP contribution in [0.2, 0.25) is 0 Å². The fourth-order valence-corrected chi connectivity index (χ4v) is 3.73. The SMILES string of the molecule is O=C(O)CCN1CCN(S(=O)(=O)c2ccccc2F)CC1. The Bertz CT molecular complexity index is 612. The Balaban J connectivity index is 2.01. The molecule has 1 heterocycles. The normalized spacial score (nSPS) is 17.8. The fraction of sp³-hybridized carbons (Fsp3) is 0.462. The van der Waals surface area contributed by atoms with Crippen molar-refractivity contribution in [2.45, 2.75) is 11.3 Å². The molecule has 6 nitrogen and oxygen atoms in total. The van der Waals surface area contributed by atoms with Gasteiger partial charge in [0.2, 0.25) is 10.0 Å². The minimum absolute atomic E-state index is 0.0278. The lowest BCUT2D eigenvalue weighted by atomic mass is 10.3. The average Bonchev–Trinajstić information content (AvgIpc) is 2.46. The van der Waals surface area contributed by atoms with E-state index in [1.807, 2.05) is 4.90 Å². The molecule has 0 radical (unpaired) electrons. The number of hydrogen-bond donors (Lipinski definition) is 1. The number of halogens is 1. The molecule has 0 aliphatic carbocycles. The topological polar surface area (TPSA) is 77.9 Å². The number of sulfonamides is 1. The number of nitrogens with zero attached hydrogens (tertiary/aromatic N) is 2. The zero-order valence-electron chi connectivity index (χ0n) is 11.4. The van der Waals surface area contributed by atoms with Crippen molar-refractivity contribution in [2.75, 3.05) is 32.7 Å². The molecule has 1 aromatic carbocycles. The lowest BCUT2D eigenvalue weighted by Crippen LogP contribution is -2.49. The van der Waals surface area contributed by atoms with E-state index in [0.717, 1.165) is 6.07 Å². The van der Waals surface area contributed by atoms with Gasteiger partial charge in [-0.05, 0) is 12.1 Å². The van der Waals surface area contributed by atoms with Gasteiger partial charge in [0.05, 0.1) is 6.42 Å². The number of rotatable bonds is 5. The number of carboxylic acid groups (broad SMARTS) is 1. The van der Waals surface area contributed by atoms with Gasteiger partial charge in [-0.2, -0.15) is 4.31 Å². The minimum Gasteiger partial charge on any atom is -0.481 e. The summed E-state index contributed by atoms with van der Waals surface area (Å²) in [7, 11) is -3.83. The van der Waals surface area contributed by atoms with E-state index in [4.69, 9.17) is 5.11 Å². The highest BCUT2D eigenvalue weighted by molar-refractivity contribution is 7.89. The van der Waals surface area contributed by atoms with Crippen LogP contribution in [0.25, 0.3) is 0 Å². The molecule has 1 aliphatic heterocycles. The van der Waals surface area contributed by atoms with Crippen LogP contribution < -0.4 is 0 Å². The second-order valence-electron chi connectivity index (χ2n) is 4.82. The summed E-state index contributed by atoms with van der Waals surface area (Å²) in [5, 5.41) is 8.63. The van der Waals surface area contributed by atoms with Crippen LogP contribution in [0.4, 0.5) is 4.39 Å². The number of benzene rings is 1. The van der Waals surface area contributed by atoms with Crippen molar-refractivity contribution in [3.8, 4) is 0 Å². The summed E-state index contributed by atoms with van der Waals surface area (Å²) in [6, 6.07) is 5.30. The van der Waals surface area contributed by atoms with Gasteiger partial charge in [-0.15, -0.1) is 0 Å². The van der Waals surface area contributed by atoms with E-state index >= 15 is 0 Å². The van der Waals surface area contributed by atoms with Gasteiger partial charge in [-0.25, -0.2) is 12.8 Å². The predicted molar refractivity (Wildman–Crippen MR) is 73.9 cm³/mol. The smallest absolute Gasteiger partial charge is 0.304 e. The van der Waals surface area contributed by atoms with Gasteiger partial charge in [0.15, 0.2) is 0 Å². The standard InChI is InChI=1S/C13H17FN2O4S/c14-11-3-1-2-4-12(11)21(19,20)16-9-7-15(8-10-16)6-5-13(17)18/h1-4H,5-10H2,(H,17,18). The third-order valence-electron chi connectivity index (χ3n) is 3.43. The Kier molecular flexibility index (Phi) is 4.92. The fourth-order valence-electron chi connectivity index (χ4n) is 2.24. The van der Waals surface area contributed by atoms with Crippen molar-refractivity contribution in [2.24, 2.45) is 0 Å². The van der Waals surface area contributed by atoms with Crippen LogP contribution in [-0.2, 0) is 14.8 Å². The predicted octanol–water partition coefficient (Wildman–Crippen LogP) is 0.607. The van der Waals surface area contributed by atoms with Gasteiger partial charge in [0.1, 0.15) is 10.7 Å². The van der Waals surface area contributed by atoms with Crippen LogP contribution in [0, 0.1) is 5.82 Å². The highest BCUT2D eigenvalue weighted by atomic mass is 32.2. The van der Waals surface area contributed by atoms with Crippen molar-refractivity contribution >= 4 is 16.0 Å². The summed E-state index contributed by atoms with van der Waals surface area (Å²) in [6.45, 7) is 1.75. The van der Waals surface area contributed by atoms with E-state index in [2.05, 4.69) is 0 Å². The summed E-state index contributed by atoms with van der Waals surface area (Å²) in [5.74, 6) is -1.64. The van der Waals surface area contributed by atoms with Gasteiger partial charge in [0, 0.05) is 32.7 Å². The van der Waals surface area contributed by atoms with E-state index in [1.165, 1.54) is 22.5 Å². The third-order valence-corrected chi connectivity index (χ3v) is 5.36. The van der Waals surface area contributed by atoms with Gasteiger partial charge < -0.3 is 10.0 Å². The van der Waals surface area contributed by atoms with Crippen molar-refractivity contribution in [3.63, 3.8) is 0 Å². The number of carboxylic acids is 1. The molecule has 0 amide bonds. The maximum absolute atomic E-state index is 13.6. The number of piperazine rings is 1. The first-order chi connectivity index (χ1) is 9.91. The molecular formula is C13H17FN2O4S. The Morgan fingerprint density at radius 1 is 1.19 bits per heavy atom. The highest BCUT2D eigenvalue weighted by Gasteiger charge is 2.30. The number of carbonyl (C=O) groups is 1. The molecule has 0 saturated carbocycles. The van der Waals surface area contributed by atoms with Gasteiger partial charge in [-0.1, -0.05) is 12.1 Å². The lowest BCUT2D eigenvalue weighted by Gasteiger charge is -2.33. The molecule has 1 N–H and O–H groups in total. The van der Waals surface area contributed by atoms with E-state index in [9.17, 15) is 17.6 Å². The van der Waals surface area contributed by atoms with Gasteiger partial charge in [0.25, 0.3) is 0 Å². The molecule has 8 heteroatoms. The van der Waals surface area contributed by atoms with Crippen LogP contribution in [0.3, 0.4) is 0 Å². The Morgan fingerprint density at radius 3 is 2.38 bits per heavy atom. The van der Waals surface area contributed by atoms with Gasteiger partial charge in [-0.3, -0.25) is 4.79 Å². The molecule has 116 valence electrons. The molecule has 1 aliphatic rings. The molecule has 2 rings (SSSR count). The van der Waals surface area contributed by atoms with E-state index in [0.29, 0.717) is 19.6 Å². The maximum Gasteiger partial charge on any atom is 0.304 e. The van der Waals surface area contributed by atoms with Crippen LogP contribution in [0.5, 0.6) is 0 Å². The molecule has 1 saturated heterocycles. The van der Waals surface area contributed by atoms with Crippen LogP contribution in [-0.4, -0.2) is 61.4 Å². The van der Waals surface area contributed by atoms with E-state index in [-0.39, 0.29) is 24.4 Å². The van der Waals surface area contributed by atoms with Crippen LogP contribution in [0.15, 0.2) is 29.2 Å². The Labute approximate surface area is 122 Å². The van der Waals surface area contributed by atoms with E-state index in [1.54, 1.807) is 0 Å². The third kappa shape index (κ3) is 3.78. The molecular weight excluding hydrogens is 299 g/mol. The van der Waals surface area contributed by atoms with Crippen molar-refractivity contribution in [1.82, 2.24) is 9.21 Å². The second kappa shape index (κ2) is 6.50. The summed E-state index contributed by atoms with van der Waals surface area (Å²) in [6.07, 6.45) is 0.0278. The summed E-state index contributed by atoms with van der Waals surface area (Å²) in [5.41, 5.74) is 0. The first-order valence-corrected chi connectivity index (χ1v) is 8.04. The summed E-state index contributed by atoms with van der Waals surface area (Å²) in [4.78, 5) is 12.1. The molecule has 21 heavy (non-hydrogen) atoms. The maximum atomic E-state index is 13.6. The van der Waals surface area contributed by atoms with E-state index < -0.39 is 21.8 Å². The second-order valence-corrected chi connectivity index (χ2v) is 6.73. The van der Waals surface area contributed by atoms with Crippen molar-refractivity contribution < 1.29 is 22.7 Å². The molecule has 0 unspecified atom stereocenters. The largest absolute Gasteiger partial charge is 0.481 e.